The Bertz CT molecular complexity index is 7720. The number of aromatic amines is 2. The molecule has 0 saturated carbocycles. The Hall–Kier alpha value is 13.6. The third-order valence-corrected chi connectivity index (χ3v) is 167. The fourth-order valence-electron chi connectivity index (χ4n) is 4.40. The average Bonchev–Trinajstić information content (AvgIpc) is 1.64. The smallest absolute Gasteiger partial charge is 0.355 e. The van der Waals surface area contributed by atoms with Crippen molar-refractivity contribution in [3.8, 4) is 0 Å². The van der Waals surface area contributed by atoms with Gasteiger partial charge in [0.15, 0.2) is 0 Å². The number of hydrogen-bond acceptors (Lipinski definition) is 9. The van der Waals surface area contributed by atoms with Gasteiger partial charge in [0.2, 0.25) is 0 Å². The summed E-state index contributed by atoms with van der Waals surface area (Å²) in [5.41, 5.74) is 2.58. The number of nitrogens with one attached hydrogen (secondary N) is 2. The minimum absolute atomic E-state index is 0. The van der Waals surface area contributed by atoms with Gasteiger partial charge in [-0.1, -0.05) is 72.7 Å². The van der Waals surface area contributed by atoms with E-state index in [4.69, 9.17) is 77.4 Å². The van der Waals surface area contributed by atoms with Crippen LogP contribution in [0.5, 0.6) is 0 Å². The van der Waals surface area contributed by atoms with Gasteiger partial charge in [-0.3, -0.25) is 0 Å². The van der Waals surface area contributed by atoms with Crippen molar-refractivity contribution in [1.29, 1.82) is 0 Å². The van der Waals surface area contributed by atoms with Crippen LogP contribution in [0.4, 0.5) is 0 Å². The molecular formula is C29H28Cl2N2O4S78. The Morgan fingerprint density at radius 3 is 0.783 bits per heavy atom. The van der Waals surface area contributed by atoms with Gasteiger partial charge in [-0.05, 0) is 56.3 Å². The number of ether oxygens (including phenoxy) is 2. The van der Waals surface area contributed by atoms with Crippen molar-refractivity contribution in [3.05, 3.63) is 94.2 Å². The third-order valence-electron chi connectivity index (χ3n) is 7.21. The van der Waals surface area contributed by atoms with Crippen LogP contribution in [0.3, 0.4) is 0 Å². The van der Waals surface area contributed by atoms with Crippen LogP contribution < -0.4 is 0 Å². The van der Waals surface area contributed by atoms with Crippen molar-refractivity contribution >= 4 is 762 Å². The summed E-state index contributed by atoms with van der Waals surface area (Å²) in [4.78, 5) is 31.6. The lowest BCUT2D eigenvalue weighted by molar-refractivity contribution is 0.0509. The number of rotatable bonds is 6. The molecule has 0 spiro atoms. The van der Waals surface area contributed by atoms with Crippen molar-refractivity contribution in [2.45, 2.75) is 31.1 Å². The fourth-order valence-corrected chi connectivity index (χ4v) is 195. The zero-order valence-corrected chi connectivity index (χ0v) is 117. The molecule has 5 aromatic rings. The SMILES string of the molecule is C.CCOC(=O)c1[nH]c2cc(Cl)ccc2c1Sc1ccccc1.CCOC(=O)c1cc2ccc(Cl)cc2[nH]1.S=S=S=S=S=S=S=S=S=S=S=S=S=S=S=S=S=S=S=S=S=S=S=S=S=S=S=S=S=S=S=S=S=S=S=S=S=S.S=S=S=S=S=S=S=S=S=S=S=S=S=S=S=S=S=S=S=S=S=S=S=S=S=S=S=S=S=S=S=S=S=S=S=S=S=S=S. The number of H-pyrrole nitrogens is 2. The normalized spacial score (nSPS) is 8.59. The number of aromatic nitrogens is 2. The summed E-state index contributed by atoms with van der Waals surface area (Å²) in [5.74, 6) is -0.696. The van der Waals surface area contributed by atoms with E-state index < -0.39 is 0 Å². The maximum absolute atomic E-state index is 12.2. The van der Waals surface area contributed by atoms with E-state index in [1.54, 1.807) is 245 Å². The molecule has 0 aliphatic rings. The molecule has 0 bridgehead atoms. The first-order valence-corrected chi connectivity index (χ1v) is 126. The zero-order valence-electron chi connectivity index (χ0n) is 51.6. The lowest BCUT2D eigenvalue weighted by Crippen LogP contribution is -2.06. The highest BCUT2D eigenvalue weighted by atomic mass is 35.5. The molecular weight excluding hydrogens is 3010 g/mol. The molecule has 5 rings (SSSR count). The average molecular weight is 3040 g/mol. The molecule has 0 aliphatic heterocycles. The van der Waals surface area contributed by atoms with Crippen molar-refractivity contribution < 1.29 is 19.1 Å². The quantitative estimate of drug-likeness (QED) is 0.163. The Labute approximate surface area is 905 Å². The van der Waals surface area contributed by atoms with E-state index in [1.165, 1.54) is 47.3 Å². The molecule has 0 amide bonds. The van der Waals surface area contributed by atoms with E-state index in [2.05, 4.69) is 9.97 Å². The van der Waals surface area contributed by atoms with Crippen LogP contribution in [0, 0.1) is 0 Å². The number of esters is 2. The van der Waals surface area contributed by atoms with E-state index in [0.29, 0.717) is 34.6 Å². The van der Waals surface area contributed by atoms with Crippen LogP contribution in [0.2, 0.25) is 10.0 Å². The van der Waals surface area contributed by atoms with Crippen molar-refractivity contribution in [2.24, 2.45) is 0 Å². The lowest BCUT2D eigenvalue weighted by atomic mass is 10.2. The van der Waals surface area contributed by atoms with Gasteiger partial charge >= 0.3 is 11.9 Å². The predicted octanol–water partition coefficient (Wildman–Crippen LogP) is 8.60. The summed E-state index contributed by atoms with van der Waals surface area (Å²) >= 11 is 32.6. The molecule has 0 atom stereocenters. The van der Waals surface area contributed by atoms with E-state index >= 15 is 0 Å². The van der Waals surface area contributed by atoms with E-state index in [1.807, 2.05) is 454 Å². The molecule has 86 heteroatoms. The standard InChI is InChI=1S/C17H14ClNO2S.C11H10ClNO2.CH4.S39.S38/c1-2-21-17(20)15-16(22-12-6-4-3-5-7-12)13-9-8-11(18)10-14(13)19-15;1-2-15-11(14)10-5-7-3-4-8(12)6-9(7)13-10;;1-3-5-7-9-11-13-15-17-19-21-23-25-27-29-31-33-35-37-39-38-36-34-32-30-28-26-24-22-20-18-16-14-12-10-8-6-4-2;1-3-5-7-9-11-13-15-17-19-21-23-25-27-29-31-33-35-37-38-36-34-32-30-28-26-24-22-20-18-16-14-12-10-8-6-4-2/h3-10,19H,2H2,1H3;3-6,13H,2H2,1H3;1H4;;. The fraction of sp³-hybridized carbons (Fsp3) is 0.172. The van der Waals surface area contributed by atoms with Gasteiger partial charge < -0.3 is 19.4 Å². The summed E-state index contributed by atoms with van der Waals surface area (Å²) in [6, 6.07) is 22.6. The highest BCUT2D eigenvalue weighted by molar-refractivity contribution is 8.84. The molecule has 115 heavy (non-hydrogen) atoms. The topological polar surface area (TPSA) is 84.2 Å². The third kappa shape index (κ3) is 82.0. The number of fused-ring (bicyclic) bond motifs is 2. The van der Waals surface area contributed by atoms with Gasteiger partial charge in [0.1, 0.15) is 11.4 Å². The second-order valence-corrected chi connectivity index (χ2v) is 144. The van der Waals surface area contributed by atoms with E-state index in [9.17, 15) is 9.59 Å². The second kappa shape index (κ2) is 102. The molecule has 2 aromatic heterocycles. The van der Waals surface area contributed by atoms with E-state index in [-0.39, 0.29) is 19.4 Å². The predicted molar refractivity (Wildman–Crippen MR) is 723 cm³/mol. The Morgan fingerprint density at radius 2 is 0.530 bits per heavy atom. The molecule has 6 nitrogen and oxygen atoms in total. The van der Waals surface area contributed by atoms with Gasteiger partial charge in [0.25, 0.3) is 0 Å². The monoisotopic (exact) mass is 3030 g/mol. The van der Waals surface area contributed by atoms with Crippen LogP contribution >= 0.6 is 35.0 Å². The summed E-state index contributed by atoms with van der Waals surface area (Å²) in [7, 11) is 129. The summed E-state index contributed by atoms with van der Waals surface area (Å²) < 4.78 is 10.0. The number of halogens is 2. The summed E-state index contributed by atoms with van der Waals surface area (Å²) in [5, 5.41) is 3.17. The summed E-state index contributed by atoms with van der Waals surface area (Å²) in [6.45, 7) is 4.28. The number of carbonyl (C=O) groups excluding carboxylic acids is 2. The van der Waals surface area contributed by atoms with Crippen LogP contribution in [0.1, 0.15) is 42.3 Å². The highest BCUT2D eigenvalue weighted by Crippen LogP contribution is 2.38. The number of benzene rings is 3. The van der Waals surface area contributed by atoms with Crippen molar-refractivity contribution in [1.82, 2.24) is 9.97 Å². The Morgan fingerprint density at radius 1 is 0.296 bits per heavy atom. The van der Waals surface area contributed by atoms with Gasteiger partial charge in [-0.15, -0.1) is 0 Å². The molecule has 0 unspecified atom stereocenters. The molecule has 2 heterocycles. The van der Waals surface area contributed by atoms with Crippen LogP contribution in [-0.2, 0) is 703 Å². The zero-order chi connectivity index (χ0) is 82.0. The Kier molecular flexibility index (Phi) is 112. The lowest BCUT2D eigenvalue weighted by Gasteiger charge is -2.04. The molecule has 0 saturated heterocycles. The first-order valence-electron chi connectivity index (χ1n) is 24.1. The molecule has 3 aromatic carbocycles. The van der Waals surface area contributed by atoms with Crippen LogP contribution in [0.15, 0.2) is 82.6 Å². The summed E-state index contributed by atoms with van der Waals surface area (Å²) in [6.07, 6.45) is 0. The number of hydrogen-bond donors (Lipinski definition) is 2. The van der Waals surface area contributed by atoms with Gasteiger partial charge in [0.05, 0.1) is 18.1 Å². The number of carbonyl (C=O) groups is 2. The molecule has 0 aliphatic carbocycles. The molecule has 0 radical (unpaired) electrons. The van der Waals surface area contributed by atoms with E-state index in [0.717, 1.165) is 31.6 Å². The molecule has 2 N–H and O–H groups in total. The Balaban J connectivity index is 0.000000804. The van der Waals surface area contributed by atoms with Crippen LogP contribution in [-0.4, -0.2) is 35.1 Å². The maximum atomic E-state index is 12.2. The first kappa shape index (κ1) is 127. The maximum Gasteiger partial charge on any atom is 0.355 e. The largest absolute Gasteiger partial charge is 0.461 e. The van der Waals surface area contributed by atoms with Gasteiger partial charge in [-0.2, -0.15) is 0 Å². The van der Waals surface area contributed by atoms with Gasteiger partial charge in [0, 0.05) is 730 Å². The van der Waals surface area contributed by atoms with Crippen molar-refractivity contribution in [2.75, 3.05) is 13.2 Å². The second-order valence-electron chi connectivity index (χ2n) is 12.8. The first-order chi connectivity index (χ1) is 56.2. The molecule has 0 fully saturated rings. The highest BCUT2D eigenvalue weighted by Gasteiger charge is 2.20. The van der Waals surface area contributed by atoms with Gasteiger partial charge in [-0.25, -0.2) is 9.59 Å². The minimum atomic E-state index is -0.353. The molecule has 660 valence electrons. The van der Waals surface area contributed by atoms with Crippen LogP contribution in [0.25, 0.3) is 21.8 Å². The van der Waals surface area contributed by atoms with Crippen molar-refractivity contribution in [3.63, 3.8) is 0 Å². The minimum Gasteiger partial charge on any atom is -0.461 e.